The van der Waals surface area contributed by atoms with Crippen molar-refractivity contribution in [1.82, 2.24) is 15.0 Å². The van der Waals surface area contributed by atoms with Gasteiger partial charge in [0.25, 0.3) is 0 Å². The maximum Gasteiger partial charge on any atom is 0.232 e. The lowest BCUT2D eigenvalue weighted by Crippen LogP contribution is -2.06. The van der Waals surface area contributed by atoms with E-state index >= 15 is 0 Å². The van der Waals surface area contributed by atoms with Gasteiger partial charge in [0.1, 0.15) is 11.8 Å². The number of nitrogens with zero attached hydrogens (tertiary/aromatic N) is 4. The highest BCUT2D eigenvalue weighted by Crippen LogP contribution is 2.20. The smallest absolute Gasteiger partial charge is 0.232 e. The lowest BCUT2D eigenvalue weighted by atomic mass is 10.1. The number of nitrogens with one attached hydrogen (secondary N) is 1. The highest BCUT2D eigenvalue weighted by molar-refractivity contribution is 5.87. The number of para-hydroxylation sites is 1. The SMILES string of the molecule is N#C/C(=C\c1cccc(O)c1)c1nc(N)nc(Nc2ccccc2)n1. The molecule has 1 aromatic heterocycles. The van der Waals surface area contributed by atoms with Crippen molar-refractivity contribution in [3.63, 3.8) is 0 Å². The van der Waals surface area contributed by atoms with Gasteiger partial charge in [-0.15, -0.1) is 0 Å². The first-order valence-corrected chi connectivity index (χ1v) is 7.39. The van der Waals surface area contributed by atoms with Gasteiger partial charge in [0, 0.05) is 5.69 Å². The molecule has 0 aliphatic carbocycles. The number of nitrogen functional groups attached to an aromatic ring is 1. The van der Waals surface area contributed by atoms with Crippen LogP contribution in [0.1, 0.15) is 11.4 Å². The minimum atomic E-state index is 0.000454. The van der Waals surface area contributed by atoms with E-state index in [4.69, 9.17) is 5.73 Å². The van der Waals surface area contributed by atoms with Gasteiger partial charge in [0.05, 0.1) is 5.57 Å². The zero-order valence-corrected chi connectivity index (χ0v) is 13.1. The first kappa shape index (κ1) is 16.0. The number of benzene rings is 2. The second kappa shape index (κ2) is 7.10. The largest absolute Gasteiger partial charge is 0.508 e. The van der Waals surface area contributed by atoms with Gasteiger partial charge in [-0.05, 0) is 35.9 Å². The Morgan fingerprint density at radius 1 is 1.08 bits per heavy atom. The van der Waals surface area contributed by atoms with Crippen LogP contribution in [0, 0.1) is 11.3 Å². The molecular weight excluding hydrogens is 316 g/mol. The fourth-order valence-electron chi connectivity index (χ4n) is 2.15. The van der Waals surface area contributed by atoms with E-state index in [2.05, 4.69) is 20.3 Å². The summed E-state index contributed by atoms with van der Waals surface area (Å²) in [5.41, 5.74) is 7.38. The van der Waals surface area contributed by atoms with E-state index < -0.39 is 0 Å². The zero-order chi connectivity index (χ0) is 17.6. The Morgan fingerprint density at radius 3 is 2.60 bits per heavy atom. The minimum absolute atomic E-state index is 0.000454. The molecule has 0 amide bonds. The third-order valence-electron chi connectivity index (χ3n) is 3.23. The number of allylic oxidation sites excluding steroid dienone is 1. The summed E-state index contributed by atoms with van der Waals surface area (Å²) in [6, 6.07) is 17.9. The topological polar surface area (TPSA) is 121 Å². The van der Waals surface area contributed by atoms with E-state index in [1.54, 1.807) is 24.3 Å². The van der Waals surface area contributed by atoms with Crippen molar-refractivity contribution >= 4 is 29.2 Å². The maximum atomic E-state index is 9.54. The van der Waals surface area contributed by atoms with Gasteiger partial charge in [0.15, 0.2) is 5.82 Å². The van der Waals surface area contributed by atoms with E-state index in [9.17, 15) is 10.4 Å². The second-order valence-corrected chi connectivity index (χ2v) is 5.10. The number of aromatic nitrogens is 3. The summed E-state index contributed by atoms with van der Waals surface area (Å²) < 4.78 is 0. The molecule has 2 aromatic carbocycles. The first-order chi connectivity index (χ1) is 12.1. The number of phenols is 1. The molecule has 0 aliphatic heterocycles. The number of nitrogens with two attached hydrogens (primary N) is 1. The molecule has 0 saturated carbocycles. The van der Waals surface area contributed by atoms with Crippen LogP contribution in [-0.2, 0) is 0 Å². The molecule has 0 radical (unpaired) electrons. The summed E-state index contributed by atoms with van der Waals surface area (Å²) in [5.74, 6) is 0.496. The average Bonchev–Trinajstić information content (AvgIpc) is 2.60. The van der Waals surface area contributed by atoms with Gasteiger partial charge in [-0.1, -0.05) is 30.3 Å². The summed E-state index contributed by atoms with van der Waals surface area (Å²) in [4.78, 5) is 12.3. The normalized spacial score (nSPS) is 10.9. The highest BCUT2D eigenvalue weighted by atomic mass is 16.3. The van der Waals surface area contributed by atoms with E-state index in [1.165, 1.54) is 6.07 Å². The number of phenolic OH excluding ortho intramolecular Hbond substituents is 1. The van der Waals surface area contributed by atoms with Gasteiger partial charge in [-0.3, -0.25) is 0 Å². The lowest BCUT2D eigenvalue weighted by Gasteiger charge is -2.07. The van der Waals surface area contributed by atoms with Crippen LogP contribution in [0.3, 0.4) is 0 Å². The Kier molecular flexibility index (Phi) is 4.53. The summed E-state index contributed by atoms with van der Waals surface area (Å²) >= 11 is 0. The zero-order valence-electron chi connectivity index (χ0n) is 13.1. The number of hydrogen-bond donors (Lipinski definition) is 3. The molecule has 25 heavy (non-hydrogen) atoms. The summed E-state index contributed by atoms with van der Waals surface area (Å²) in [6.45, 7) is 0. The van der Waals surface area contributed by atoms with Crippen LogP contribution in [0.5, 0.6) is 5.75 Å². The van der Waals surface area contributed by atoms with E-state index in [-0.39, 0.29) is 29.0 Å². The molecule has 4 N–H and O–H groups in total. The van der Waals surface area contributed by atoms with Crippen molar-refractivity contribution in [3.8, 4) is 11.8 Å². The summed E-state index contributed by atoms with van der Waals surface area (Å²) in [5, 5.41) is 22.0. The number of nitriles is 1. The van der Waals surface area contributed by atoms with Crippen LogP contribution in [0.2, 0.25) is 0 Å². The number of rotatable bonds is 4. The third-order valence-corrected chi connectivity index (χ3v) is 3.23. The standard InChI is InChI=1S/C18H14N6O/c19-11-13(9-12-5-4-8-15(25)10-12)16-22-17(20)24-18(23-16)21-14-6-2-1-3-7-14/h1-10,25H,(H3,20,21,22,23,24)/b13-9+. The molecule has 0 fully saturated rings. The molecule has 7 heteroatoms. The van der Waals surface area contributed by atoms with Crippen molar-refractivity contribution in [3.05, 3.63) is 66.0 Å². The fourth-order valence-corrected chi connectivity index (χ4v) is 2.15. The van der Waals surface area contributed by atoms with Crippen LogP contribution >= 0.6 is 0 Å². The van der Waals surface area contributed by atoms with E-state index in [0.717, 1.165) is 5.69 Å². The molecule has 122 valence electrons. The Labute approximate surface area is 144 Å². The molecule has 0 bridgehead atoms. The molecule has 0 spiro atoms. The molecule has 3 rings (SSSR count). The molecule has 7 nitrogen and oxygen atoms in total. The van der Waals surface area contributed by atoms with Gasteiger partial charge in [-0.25, -0.2) is 0 Å². The second-order valence-electron chi connectivity index (χ2n) is 5.10. The van der Waals surface area contributed by atoms with Crippen LogP contribution in [0.4, 0.5) is 17.6 Å². The minimum Gasteiger partial charge on any atom is -0.508 e. The van der Waals surface area contributed by atoms with Gasteiger partial charge in [0.2, 0.25) is 11.9 Å². The number of anilines is 3. The molecule has 0 saturated heterocycles. The van der Waals surface area contributed by atoms with E-state index in [1.807, 2.05) is 36.4 Å². The van der Waals surface area contributed by atoms with Crippen LogP contribution in [0.15, 0.2) is 54.6 Å². The first-order valence-electron chi connectivity index (χ1n) is 7.39. The highest BCUT2D eigenvalue weighted by Gasteiger charge is 2.10. The monoisotopic (exact) mass is 330 g/mol. The Hall–Kier alpha value is -3.92. The van der Waals surface area contributed by atoms with Crippen molar-refractivity contribution in [2.75, 3.05) is 11.1 Å². The third kappa shape index (κ3) is 4.09. The molecule has 0 aliphatic rings. The van der Waals surface area contributed by atoms with Crippen LogP contribution < -0.4 is 11.1 Å². The lowest BCUT2D eigenvalue weighted by molar-refractivity contribution is 0.475. The predicted octanol–water partition coefficient (Wildman–Crippen LogP) is 2.97. The average molecular weight is 330 g/mol. The maximum absolute atomic E-state index is 9.54. The summed E-state index contributed by atoms with van der Waals surface area (Å²) in [6.07, 6.45) is 1.57. The predicted molar refractivity (Wildman–Crippen MR) is 95.6 cm³/mol. The Morgan fingerprint density at radius 2 is 1.88 bits per heavy atom. The van der Waals surface area contributed by atoms with Gasteiger partial charge in [-0.2, -0.15) is 20.2 Å². The van der Waals surface area contributed by atoms with Gasteiger partial charge < -0.3 is 16.2 Å². The molecule has 1 heterocycles. The molecule has 0 unspecified atom stereocenters. The molecular formula is C18H14N6O. The molecule has 0 atom stereocenters. The van der Waals surface area contributed by atoms with Crippen LogP contribution in [0.25, 0.3) is 11.6 Å². The fraction of sp³-hybridized carbons (Fsp3) is 0. The van der Waals surface area contributed by atoms with Gasteiger partial charge >= 0.3 is 0 Å². The van der Waals surface area contributed by atoms with Crippen molar-refractivity contribution in [2.24, 2.45) is 0 Å². The quantitative estimate of drug-likeness (QED) is 0.629. The van der Waals surface area contributed by atoms with Crippen LogP contribution in [-0.4, -0.2) is 20.1 Å². The Balaban J connectivity index is 1.96. The number of hydrogen-bond acceptors (Lipinski definition) is 7. The van der Waals surface area contributed by atoms with Crippen molar-refractivity contribution in [1.29, 1.82) is 5.26 Å². The van der Waals surface area contributed by atoms with Crippen molar-refractivity contribution < 1.29 is 5.11 Å². The van der Waals surface area contributed by atoms with E-state index in [0.29, 0.717) is 5.56 Å². The Bertz CT molecular complexity index is 963. The number of aromatic hydroxyl groups is 1. The van der Waals surface area contributed by atoms with Crippen molar-refractivity contribution in [2.45, 2.75) is 0 Å². The summed E-state index contributed by atoms with van der Waals surface area (Å²) in [7, 11) is 0. The molecule has 3 aromatic rings.